The van der Waals surface area contributed by atoms with E-state index in [2.05, 4.69) is 21.2 Å². The molecule has 1 saturated heterocycles. The van der Waals surface area contributed by atoms with Crippen LogP contribution in [0.5, 0.6) is 0 Å². The SMILES string of the molecule is O=C1CCC(N2Cc3ccc(Br)cc3C2=O)C(=O)N1. The summed E-state index contributed by atoms with van der Waals surface area (Å²) in [5.74, 6) is -0.796. The Balaban J connectivity index is 1.88. The number of amides is 3. The van der Waals surface area contributed by atoms with Crippen molar-refractivity contribution in [2.75, 3.05) is 0 Å². The molecular formula is C13H11BrN2O3. The van der Waals surface area contributed by atoms with Gasteiger partial charge in [-0.1, -0.05) is 22.0 Å². The maximum Gasteiger partial charge on any atom is 0.255 e. The summed E-state index contributed by atoms with van der Waals surface area (Å²) in [7, 11) is 0. The maximum atomic E-state index is 12.3. The van der Waals surface area contributed by atoms with E-state index in [1.807, 2.05) is 12.1 Å². The second-order valence-electron chi connectivity index (χ2n) is 4.70. The lowest BCUT2D eigenvalue weighted by atomic mass is 10.0. The smallest absolute Gasteiger partial charge is 0.255 e. The van der Waals surface area contributed by atoms with E-state index in [4.69, 9.17) is 0 Å². The number of carbonyl (C=O) groups is 3. The number of nitrogens with zero attached hydrogens (tertiary/aromatic N) is 1. The monoisotopic (exact) mass is 322 g/mol. The number of fused-ring (bicyclic) bond motifs is 1. The van der Waals surface area contributed by atoms with Gasteiger partial charge < -0.3 is 4.90 Å². The van der Waals surface area contributed by atoms with Gasteiger partial charge in [-0.25, -0.2) is 0 Å². The summed E-state index contributed by atoms with van der Waals surface area (Å²) < 4.78 is 0.838. The van der Waals surface area contributed by atoms with Crippen LogP contribution in [-0.4, -0.2) is 28.7 Å². The van der Waals surface area contributed by atoms with Crippen LogP contribution in [0.25, 0.3) is 0 Å². The third kappa shape index (κ3) is 2.06. The second kappa shape index (κ2) is 4.45. The summed E-state index contributed by atoms with van der Waals surface area (Å²) in [6.07, 6.45) is 0.672. The third-order valence-electron chi connectivity index (χ3n) is 3.49. The molecule has 2 aliphatic heterocycles. The maximum absolute atomic E-state index is 12.3. The fourth-order valence-corrected chi connectivity index (χ4v) is 2.89. The van der Waals surface area contributed by atoms with Crippen LogP contribution in [0.2, 0.25) is 0 Å². The zero-order valence-corrected chi connectivity index (χ0v) is 11.6. The Bertz CT molecular complexity index is 600. The van der Waals surface area contributed by atoms with Crippen molar-refractivity contribution in [2.24, 2.45) is 0 Å². The predicted molar refractivity (Wildman–Crippen MR) is 70.2 cm³/mol. The first-order chi connectivity index (χ1) is 9.06. The Labute approximate surface area is 118 Å². The largest absolute Gasteiger partial charge is 0.322 e. The number of hydrogen-bond acceptors (Lipinski definition) is 3. The molecule has 1 aromatic carbocycles. The van der Waals surface area contributed by atoms with Gasteiger partial charge in [0.1, 0.15) is 6.04 Å². The number of imide groups is 1. The standard InChI is InChI=1S/C13H11BrN2O3/c14-8-2-1-7-6-16(13(19)9(7)5-8)10-3-4-11(17)15-12(10)18/h1-2,5,10H,3-4,6H2,(H,15,17,18). The van der Waals surface area contributed by atoms with Gasteiger partial charge in [0.25, 0.3) is 5.91 Å². The van der Waals surface area contributed by atoms with E-state index in [9.17, 15) is 14.4 Å². The van der Waals surface area contributed by atoms with Crippen molar-refractivity contribution in [3.63, 3.8) is 0 Å². The number of nitrogens with one attached hydrogen (secondary N) is 1. The van der Waals surface area contributed by atoms with E-state index in [1.54, 1.807) is 11.0 Å². The Morgan fingerprint density at radius 2 is 2.05 bits per heavy atom. The van der Waals surface area contributed by atoms with E-state index in [0.29, 0.717) is 18.5 Å². The average molecular weight is 323 g/mol. The minimum atomic E-state index is -0.545. The number of benzene rings is 1. The lowest BCUT2D eigenvalue weighted by Crippen LogP contribution is -2.52. The Kier molecular flexibility index (Phi) is 2.89. The lowest BCUT2D eigenvalue weighted by molar-refractivity contribution is -0.136. The minimum Gasteiger partial charge on any atom is -0.322 e. The summed E-state index contributed by atoms with van der Waals surface area (Å²) in [5, 5.41) is 2.28. The van der Waals surface area contributed by atoms with Gasteiger partial charge in [-0.15, -0.1) is 0 Å². The summed E-state index contributed by atoms with van der Waals surface area (Å²) in [6, 6.07) is 4.98. The van der Waals surface area contributed by atoms with E-state index in [-0.39, 0.29) is 24.1 Å². The summed E-state index contributed by atoms with van der Waals surface area (Å²) in [6.45, 7) is 0.424. The molecule has 1 aromatic rings. The van der Waals surface area contributed by atoms with E-state index < -0.39 is 6.04 Å². The average Bonchev–Trinajstić information content (AvgIpc) is 2.67. The second-order valence-corrected chi connectivity index (χ2v) is 5.62. The fraction of sp³-hybridized carbons (Fsp3) is 0.308. The molecule has 0 radical (unpaired) electrons. The molecule has 3 rings (SSSR count). The summed E-state index contributed by atoms with van der Waals surface area (Å²) in [4.78, 5) is 36.8. The van der Waals surface area contributed by atoms with Crippen molar-refractivity contribution in [1.29, 1.82) is 0 Å². The molecule has 6 heteroatoms. The Morgan fingerprint density at radius 3 is 2.79 bits per heavy atom. The highest BCUT2D eigenvalue weighted by Gasteiger charge is 2.38. The van der Waals surface area contributed by atoms with E-state index in [1.165, 1.54) is 0 Å². The van der Waals surface area contributed by atoms with Crippen LogP contribution in [0.1, 0.15) is 28.8 Å². The van der Waals surface area contributed by atoms with Crippen molar-refractivity contribution in [2.45, 2.75) is 25.4 Å². The van der Waals surface area contributed by atoms with Crippen molar-refractivity contribution in [1.82, 2.24) is 10.2 Å². The molecule has 3 amide bonds. The zero-order chi connectivity index (χ0) is 13.6. The van der Waals surface area contributed by atoms with Gasteiger partial charge in [0.05, 0.1) is 0 Å². The highest BCUT2D eigenvalue weighted by Crippen LogP contribution is 2.29. The van der Waals surface area contributed by atoms with Gasteiger partial charge in [-0.05, 0) is 24.1 Å². The third-order valence-corrected chi connectivity index (χ3v) is 3.98. The molecule has 1 atom stereocenters. The quantitative estimate of drug-likeness (QED) is 0.790. The van der Waals surface area contributed by atoms with E-state index in [0.717, 1.165) is 10.0 Å². The molecule has 19 heavy (non-hydrogen) atoms. The first-order valence-corrected chi connectivity index (χ1v) is 6.78. The van der Waals surface area contributed by atoms with Crippen LogP contribution in [0.3, 0.4) is 0 Å². The van der Waals surface area contributed by atoms with Gasteiger partial charge >= 0.3 is 0 Å². The molecule has 1 unspecified atom stereocenters. The molecule has 0 bridgehead atoms. The molecule has 0 aliphatic carbocycles. The van der Waals surface area contributed by atoms with Gasteiger partial charge in [0, 0.05) is 23.0 Å². The van der Waals surface area contributed by atoms with E-state index >= 15 is 0 Å². The molecule has 1 fully saturated rings. The predicted octanol–water partition coefficient (Wildman–Crippen LogP) is 1.21. The Morgan fingerprint density at radius 1 is 1.26 bits per heavy atom. The molecule has 2 heterocycles. The van der Waals surface area contributed by atoms with Crippen LogP contribution < -0.4 is 5.32 Å². The highest BCUT2D eigenvalue weighted by molar-refractivity contribution is 9.10. The number of piperidine rings is 1. The van der Waals surface area contributed by atoms with Crippen molar-refractivity contribution in [3.05, 3.63) is 33.8 Å². The molecule has 0 aromatic heterocycles. The molecule has 0 spiro atoms. The molecular weight excluding hydrogens is 312 g/mol. The van der Waals surface area contributed by atoms with Crippen LogP contribution in [0, 0.1) is 0 Å². The normalized spacial score (nSPS) is 22.5. The van der Waals surface area contributed by atoms with Gasteiger partial charge in [0.2, 0.25) is 11.8 Å². The van der Waals surface area contributed by atoms with Crippen molar-refractivity contribution < 1.29 is 14.4 Å². The number of hydrogen-bond donors (Lipinski definition) is 1. The number of carbonyl (C=O) groups excluding carboxylic acids is 3. The number of rotatable bonds is 1. The van der Waals surface area contributed by atoms with Crippen LogP contribution in [-0.2, 0) is 16.1 Å². The number of halogens is 1. The Hall–Kier alpha value is -1.69. The molecule has 2 aliphatic rings. The topological polar surface area (TPSA) is 66.5 Å². The minimum absolute atomic E-state index is 0.147. The first kappa shape index (κ1) is 12.3. The highest BCUT2D eigenvalue weighted by atomic mass is 79.9. The fourth-order valence-electron chi connectivity index (χ4n) is 2.53. The van der Waals surface area contributed by atoms with Crippen LogP contribution in [0.4, 0.5) is 0 Å². The van der Waals surface area contributed by atoms with Gasteiger partial charge in [0.15, 0.2) is 0 Å². The van der Waals surface area contributed by atoms with Gasteiger partial charge in [-0.2, -0.15) is 0 Å². The van der Waals surface area contributed by atoms with Crippen LogP contribution in [0.15, 0.2) is 22.7 Å². The lowest BCUT2D eigenvalue weighted by Gasteiger charge is -2.29. The first-order valence-electron chi connectivity index (χ1n) is 5.99. The van der Waals surface area contributed by atoms with Crippen molar-refractivity contribution in [3.8, 4) is 0 Å². The van der Waals surface area contributed by atoms with Crippen LogP contribution >= 0.6 is 15.9 Å². The molecule has 1 N–H and O–H groups in total. The zero-order valence-electron chi connectivity index (χ0n) is 9.98. The molecule has 5 nitrogen and oxygen atoms in total. The molecule has 98 valence electrons. The van der Waals surface area contributed by atoms with Gasteiger partial charge in [-0.3, -0.25) is 19.7 Å². The summed E-state index contributed by atoms with van der Waals surface area (Å²) in [5.41, 5.74) is 1.54. The summed E-state index contributed by atoms with van der Waals surface area (Å²) >= 11 is 3.33. The van der Waals surface area contributed by atoms with Crippen molar-refractivity contribution >= 4 is 33.7 Å². The molecule has 0 saturated carbocycles.